The van der Waals surface area contributed by atoms with Gasteiger partial charge in [0.25, 0.3) is 10.0 Å². The maximum atomic E-state index is 12.3. The number of anilines is 1. The Hall–Kier alpha value is -2.84. The zero-order valence-electron chi connectivity index (χ0n) is 13.7. The van der Waals surface area contributed by atoms with Crippen molar-refractivity contribution in [2.24, 2.45) is 4.99 Å². The highest BCUT2D eigenvalue weighted by atomic mass is 32.2. The Balaban J connectivity index is 1.83. The van der Waals surface area contributed by atoms with Crippen LogP contribution >= 0.6 is 11.3 Å². The van der Waals surface area contributed by atoms with Crippen LogP contribution in [0.3, 0.4) is 0 Å². The number of benzene rings is 2. The molecule has 1 aromatic heterocycles. The molecular formula is C18H16N2O4S2. The van der Waals surface area contributed by atoms with E-state index in [1.807, 2.05) is 0 Å². The van der Waals surface area contributed by atoms with E-state index in [4.69, 9.17) is 0 Å². The molecule has 0 unspecified atom stereocenters. The zero-order chi connectivity index (χ0) is 18.7. The molecule has 0 atom stereocenters. The van der Waals surface area contributed by atoms with Gasteiger partial charge in [-0.3, -0.25) is 9.71 Å². The van der Waals surface area contributed by atoms with Crippen LogP contribution in [0.2, 0.25) is 0 Å². The predicted octanol–water partition coefficient (Wildman–Crippen LogP) is 4.10. The van der Waals surface area contributed by atoms with Crippen molar-refractivity contribution in [3.63, 3.8) is 0 Å². The number of sulfonamides is 1. The number of nitrogens with one attached hydrogen (secondary N) is 1. The van der Waals surface area contributed by atoms with Gasteiger partial charge in [0.15, 0.2) is 0 Å². The third kappa shape index (κ3) is 4.04. The van der Waals surface area contributed by atoms with E-state index in [0.717, 1.165) is 0 Å². The lowest BCUT2D eigenvalue weighted by Gasteiger charge is -2.07. The third-order valence-corrected chi connectivity index (χ3v) is 5.87. The Morgan fingerprint density at radius 1 is 1.08 bits per heavy atom. The highest BCUT2D eigenvalue weighted by Gasteiger charge is 2.14. The number of phenolic OH excluding ortho intramolecular Hbond substituents is 2. The number of nitrogens with zero attached hydrogens (tertiary/aromatic N) is 1. The molecule has 3 rings (SSSR count). The number of phenols is 2. The van der Waals surface area contributed by atoms with Crippen LogP contribution in [0.1, 0.15) is 12.5 Å². The lowest BCUT2D eigenvalue weighted by Crippen LogP contribution is -2.11. The SMILES string of the molecule is C/C(=N\c1ccc(S(=O)(=O)Nc2cccs2)cc1)c1ccc(O)cc1O. The Labute approximate surface area is 155 Å². The summed E-state index contributed by atoms with van der Waals surface area (Å²) in [7, 11) is -3.65. The maximum Gasteiger partial charge on any atom is 0.262 e. The van der Waals surface area contributed by atoms with Crippen LogP contribution in [0.4, 0.5) is 10.7 Å². The molecule has 3 N–H and O–H groups in total. The summed E-state index contributed by atoms with van der Waals surface area (Å²) < 4.78 is 27.2. The van der Waals surface area contributed by atoms with Gasteiger partial charge in [-0.15, -0.1) is 11.3 Å². The van der Waals surface area contributed by atoms with Gasteiger partial charge in [0.05, 0.1) is 10.6 Å². The molecule has 0 bridgehead atoms. The van der Waals surface area contributed by atoms with Gasteiger partial charge in [-0.05, 0) is 60.8 Å². The van der Waals surface area contributed by atoms with E-state index in [1.165, 1.54) is 35.6 Å². The highest BCUT2D eigenvalue weighted by molar-refractivity contribution is 7.93. The second-order valence-electron chi connectivity index (χ2n) is 5.48. The highest BCUT2D eigenvalue weighted by Crippen LogP contribution is 2.26. The lowest BCUT2D eigenvalue weighted by atomic mass is 10.1. The first-order valence-corrected chi connectivity index (χ1v) is 9.95. The second-order valence-corrected chi connectivity index (χ2v) is 8.11. The van der Waals surface area contributed by atoms with Crippen molar-refractivity contribution in [1.29, 1.82) is 0 Å². The molecule has 0 spiro atoms. The molecule has 134 valence electrons. The van der Waals surface area contributed by atoms with Crippen molar-refractivity contribution in [3.8, 4) is 11.5 Å². The first kappa shape index (κ1) is 18.0. The molecule has 0 fully saturated rings. The molecule has 0 amide bonds. The molecule has 2 aromatic carbocycles. The smallest absolute Gasteiger partial charge is 0.262 e. The van der Waals surface area contributed by atoms with E-state index in [1.54, 1.807) is 42.6 Å². The molecule has 0 radical (unpaired) electrons. The molecule has 3 aromatic rings. The van der Waals surface area contributed by atoms with Gasteiger partial charge in [0, 0.05) is 17.3 Å². The van der Waals surface area contributed by atoms with E-state index in [2.05, 4.69) is 9.71 Å². The summed E-state index contributed by atoms with van der Waals surface area (Å²) >= 11 is 1.30. The van der Waals surface area contributed by atoms with E-state index < -0.39 is 10.0 Å². The largest absolute Gasteiger partial charge is 0.508 e. The average molecular weight is 388 g/mol. The predicted molar refractivity (Wildman–Crippen MR) is 103 cm³/mol. The summed E-state index contributed by atoms with van der Waals surface area (Å²) in [6.45, 7) is 1.72. The average Bonchev–Trinajstić information content (AvgIpc) is 3.07. The van der Waals surface area contributed by atoms with Gasteiger partial charge in [-0.2, -0.15) is 0 Å². The topological polar surface area (TPSA) is 99.0 Å². The molecular weight excluding hydrogens is 372 g/mol. The lowest BCUT2D eigenvalue weighted by molar-refractivity contribution is 0.450. The van der Waals surface area contributed by atoms with Crippen LogP contribution in [0, 0.1) is 0 Å². The number of aliphatic imine (C=N–C) groups is 1. The van der Waals surface area contributed by atoms with Crippen molar-refractivity contribution in [2.75, 3.05) is 4.72 Å². The van der Waals surface area contributed by atoms with E-state index in [0.29, 0.717) is 22.0 Å². The fourth-order valence-corrected chi connectivity index (χ4v) is 4.24. The summed E-state index contributed by atoms with van der Waals surface area (Å²) in [5.74, 6) is -0.113. The molecule has 0 aliphatic carbocycles. The van der Waals surface area contributed by atoms with Gasteiger partial charge in [0.2, 0.25) is 0 Å². The van der Waals surface area contributed by atoms with Crippen LogP contribution < -0.4 is 4.72 Å². The molecule has 0 aliphatic rings. The number of thiophene rings is 1. The summed E-state index contributed by atoms with van der Waals surface area (Å²) in [4.78, 5) is 4.51. The van der Waals surface area contributed by atoms with Crippen molar-refractivity contribution in [2.45, 2.75) is 11.8 Å². The Morgan fingerprint density at radius 3 is 2.42 bits per heavy atom. The number of hydrogen-bond acceptors (Lipinski definition) is 6. The maximum absolute atomic E-state index is 12.3. The van der Waals surface area contributed by atoms with Crippen LogP contribution in [0.25, 0.3) is 0 Å². The minimum atomic E-state index is -3.65. The quantitative estimate of drug-likeness (QED) is 0.573. The minimum Gasteiger partial charge on any atom is -0.508 e. The normalized spacial score (nSPS) is 12.1. The first-order chi connectivity index (χ1) is 12.3. The second kappa shape index (κ2) is 7.19. The van der Waals surface area contributed by atoms with E-state index in [-0.39, 0.29) is 16.4 Å². The van der Waals surface area contributed by atoms with E-state index >= 15 is 0 Å². The molecule has 8 heteroatoms. The minimum absolute atomic E-state index is 0.0353. The van der Waals surface area contributed by atoms with Crippen molar-refractivity contribution < 1.29 is 18.6 Å². The van der Waals surface area contributed by atoms with Crippen LogP contribution in [-0.2, 0) is 10.0 Å². The van der Waals surface area contributed by atoms with Gasteiger partial charge in [-0.1, -0.05) is 0 Å². The number of aromatic hydroxyl groups is 2. The standard InChI is InChI=1S/C18H16N2O4S2/c1-12(16-9-6-14(21)11-17(16)22)19-13-4-7-15(8-5-13)26(23,24)20-18-3-2-10-25-18/h2-11,20-22H,1H3/b19-12+. The number of rotatable bonds is 5. The summed E-state index contributed by atoms with van der Waals surface area (Å²) in [5.41, 5.74) is 1.57. The molecule has 6 nitrogen and oxygen atoms in total. The van der Waals surface area contributed by atoms with Crippen molar-refractivity contribution >= 4 is 37.8 Å². The van der Waals surface area contributed by atoms with Crippen LogP contribution in [0.5, 0.6) is 11.5 Å². The van der Waals surface area contributed by atoms with Crippen molar-refractivity contribution in [1.82, 2.24) is 0 Å². The monoisotopic (exact) mass is 388 g/mol. The number of hydrogen-bond donors (Lipinski definition) is 3. The zero-order valence-corrected chi connectivity index (χ0v) is 15.4. The summed E-state index contributed by atoms with van der Waals surface area (Å²) in [6.07, 6.45) is 0. The molecule has 1 heterocycles. The Kier molecular flexibility index (Phi) is 4.97. The fraction of sp³-hybridized carbons (Fsp3) is 0.0556. The fourth-order valence-electron chi connectivity index (χ4n) is 2.31. The molecule has 0 saturated heterocycles. The van der Waals surface area contributed by atoms with Crippen LogP contribution in [0.15, 0.2) is 69.9 Å². The van der Waals surface area contributed by atoms with Crippen LogP contribution in [-0.4, -0.2) is 24.3 Å². The molecule has 0 aliphatic heterocycles. The van der Waals surface area contributed by atoms with Gasteiger partial charge in [-0.25, -0.2) is 8.42 Å². The molecule has 0 saturated carbocycles. The Bertz CT molecular complexity index is 1040. The Morgan fingerprint density at radius 2 is 1.81 bits per heavy atom. The third-order valence-electron chi connectivity index (χ3n) is 3.57. The van der Waals surface area contributed by atoms with E-state index in [9.17, 15) is 18.6 Å². The summed E-state index contributed by atoms with van der Waals surface area (Å²) in [6, 6.07) is 13.8. The molecule has 26 heavy (non-hydrogen) atoms. The van der Waals surface area contributed by atoms with Crippen molar-refractivity contribution in [3.05, 3.63) is 65.5 Å². The summed E-state index contributed by atoms with van der Waals surface area (Å²) in [5, 5.41) is 21.6. The van der Waals surface area contributed by atoms with Gasteiger partial charge in [0.1, 0.15) is 16.5 Å². The van der Waals surface area contributed by atoms with Gasteiger partial charge >= 0.3 is 0 Å². The van der Waals surface area contributed by atoms with Gasteiger partial charge < -0.3 is 10.2 Å². The first-order valence-electron chi connectivity index (χ1n) is 7.59.